The number of hydrogen-bond acceptors (Lipinski definition) is 3. The molecule has 0 spiro atoms. The molecule has 0 aliphatic rings. The molecule has 30 heavy (non-hydrogen) atoms. The lowest BCUT2D eigenvalue weighted by Gasteiger charge is -2.18. The van der Waals surface area contributed by atoms with Crippen LogP contribution in [0.5, 0.6) is 0 Å². The second kappa shape index (κ2) is 9.90. The molecule has 0 radical (unpaired) electrons. The number of benzene rings is 2. The molecule has 0 saturated carbocycles. The van der Waals surface area contributed by atoms with Crippen molar-refractivity contribution in [3.63, 3.8) is 0 Å². The van der Waals surface area contributed by atoms with Crippen LogP contribution in [0.2, 0.25) is 0 Å². The highest BCUT2D eigenvalue weighted by Gasteiger charge is 2.58. The van der Waals surface area contributed by atoms with E-state index in [4.69, 9.17) is 0 Å². The van der Waals surface area contributed by atoms with Gasteiger partial charge in [-0.15, -0.1) is 0 Å². The van der Waals surface area contributed by atoms with Gasteiger partial charge in [0.15, 0.2) is 0 Å². The monoisotopic (exact) mass is 564 g/mol. The summed E-state index contributed by atoms with van der Waals surface area (Å²) in [7, 11) is -4.65. The molecule has 3 nitrogen and oxygen atoms in total. The minimum atomic E-state index is -5.87. The van der Waals surface area contributed by atoms with Gasteiger partial charge in [-0.3, -0.25) is 4.18 Å². The molecule has 10 heteroatoms. The minimum absolute atomic E-state index is 0.490. The largest absolute Gasteiger partial charge is 0.455 e. The van der Waals surface area contributed by atoms with E-state index in [-0.39, 0.29) is 0 Å². The average molecular weight is 564 g/mol. The van der Waals surface area contributed by atoms with Crippen molar-refractivity contribution in [2.75, 3.05) is 6.61 Å². The van der Waals surface area contributed by atoms with Gasteiger partial charge in [-0.05, 0) is 97.7 Å². The Kier molecular flexibility index (Phi) is 8.83. The van der Waals surface area contributed by atoms with Gasteiger partial charge in [-0.1, -0.05) is 17.7 Å². The third-order valence-electron chi connectivity index (χ3n) is 4.54. The molecule has 168 valence electrons. The van der Waals surface area contributed by atoms with Gasteiger partial charge >= 0.3 is 12.1 Å². The molecule has 0 bridgehead atoms. The molecule has 0 heterocycles. The lowest BCUT2D eigenvalue weighted by atomic mass is 10.0. The quantitative estimate of drug-likeness (QED) is 0.245. The molecule has 2 aromatic rings. The van der Waals surface area contributed by atoms with Crippen molar-refractivity contribution in [1.29, 1.82) is 0 Å². The first kappa shape index (κ1) is 26.8. The molecule has 2 rings (SSSR count). The van der Waals surface area contributed by atoms with E-state index in [0.29, 0.717) is 5.56 Å². The summed E-state index contributed by atoms with van der Waals surface area (Å²) < 4.78 is 88.5. The van der Waals surface area contributed by atoms with Crippen molar-refractivity contribution in [1.82, 2.24) is 0 Å². The van der Waals surface area contributed by atoms with Gasteiger partial charge in [-0.25, -0.2) is 0 Å². The Morgan fingerprint density at radius 1 is 0.867 bits per heavy atom. The van der Waals surface area contributed by atoms with Crippen LogP contribution in [-0.2, 0) is 14.3 Å². The minimum Gasteiger partial charge on any atom is -0.260 e. The Morgan fingerprint density at radius 3 is 1.83 bits per heavy atom. The van der Waals surface area contributed by atoms with E-state index >= 15 is 0 Å². The summed E-state index contributed by atoms with van der Waals surface area (Å²) in [6.07, 6.45) is -5.87. The van der Waals surface area contributed by atoms with E-state index in [0.717, 1.165) is 12.1 Å². The van der Waals surface area contributed by atoms with Gasteiger partial charge in [0.2, 0.25) is 0 Å². The Bertz CT molecular complexity index is 959. The van der Waals surface area contributed by atoms with Gasteiger partial charge in [0.05, 0.1) is 4.90 Å². The first-order valence-electron chi connectivity index (χ1n) is 8.63. The van der Waals surface area contributed by atoms with Crippen LogP contribution in [0.25, 0.3) is 0 Å². The Labute approximate surface area is 186 Å². The fourth-order valence-electron chi connectivity index (χ4n) is 2.17. The molecule has 0 unspecified atom stereocenters. The third kappa shape index (κ3) is 6.88. The zero-order chi connectivity index (χ0) is 23.5. The molecule has 2 aromatic carbocycles. The fraction of sp³-hybridized carbons (Fsp3) is 0.400. The molecule has 0 saturated heterocycles. The van der Waals surface area contributed by atoms with Crippen molar-refractivity contribution in [3.05, 3.63) is 61.7 Å². The molecule has 0 aromatic heterocycles. The smallest absolute Gasteiger partial charge is 0.260 e. The number of halogens is 6. The van der Waals surface area contributed by atoms with Crippen LogP contribution in [0.15, 0.2) is 35.2 Å². The SMILES string of the molecule is Cc1cc(I)c(C)c(C)c1C.Cc1ccc(S(=O)(=O)OCC(F)(F)C(F)(F)F)cc1. The number of aryl methyl sites for hydroxylation is 2. The Balaban J connectivity index is 0.000000346. The van der Waals surface area contributed by atoms with Crippen LogP contribution in [0.4, 0.5) is 22.0 Å². The summed E-state index contributed by atoms with van der Waals surface area (Å²) in [5.74, 6) is -5.23. The van der Waals surface area contributed by atoms with Gasteiger partial charge in [-0.2, -0.15) is 30.4 Å². The second-order valence-corrected chi connectivity index (χ2v) is 9.56. The lowest BCUT2D eigenvalue weighted by Crippen LogP contribution is -2.41. The maximum absolute atomic E-state index is 12.5. The first-order valence-corrected chi connectivity index (χ1v) is 11.1. The van der Waals surface area contributed by atoms with E-state index in [1.54, 1.807) is 6.92 Å². The topological polar surface area (TPSA) is 43.4 Å². The summed E-state index contributed by atoms with van der Waals surface area (Å²) in [6.45, 7) is 8.10. The van der Waals surface area contributed by atoms with Crippen molar-refractivity contribution in [2.45, 2.75) is 51.6 Å². The maximum Gasteiger partial charge on any atom is 0.455 e. The van der Waals surface area contributed by atoms with E-state index in [9.17, 15) is 30.4 Å². The predicted octanol–water partition coefficient (Wildman–Crippen LogP) is 6.42. The van der Waals surface area contributed by atoms with Gasteiger partial charge in [0, 0.05) is 3.57 Å². The number of hydrogen-bond donors (Lipinski definition) is 0. The molecule has 0 aliphatic carbocycles. The molecular formula is C20H22F5IO3S. The lowest BCUT2D eigenvalue weighted by molar-refractivity contribution is -0.289. The van der Waals surface area contributed by atoms with Crippen LogP contribution in [0, 0.1) is 38.2 Å². The molecule has 0 amide bonds. The summed E-state index contributed by atoms with van der Waals surface area (Å²) in [4.78, 5) is -0.490. The van der Waals surface area contributed by atoms with Crippen LogP contribution in [0.1, 0.15) is 27.8 Å². The second-order valence-electron chi connectivity index (χ2n) is 6.78. The zero-order valence-electron chi connectivity index (χ0n) is 17.0. The van der Waals surface area contributed by atoms with Crippen LogP contribution >= 0.6 is 22.6 Å². The van der Waals surface area contributed by atoms with Crippen molar-refractivity contribution < 1.29 is 34.6 Å². The van der Waals surface area contributed by atoms with Crippen LogP contribution in [-0.4, -0.2) is 27.1 Å². The normalized spacial score (nSPS) is 12.4. The number of alkyl halides is 5. The van der Waals surface area contributed by atoms with E-state index in [2.05, 4.69) is 60.5 Å². The summed E-state index contributed by atoms with van der Waals surface area (Å²) in [5.41, 5.74) is 6.39. The summed E-state index contributed by atoms with van der Waals surface area (Å²) in [5, 5.41) is 0. The summed E-state index contributed by atoms with van der Waals surface area (Å²) in [6, 6.07) is 7.07. The third-order valence-corrected chi connectivity index (χ3v) is 6.94. The predicted molar refractivity (Wildman–Crippen MR) is 113 cm³/mol. The molecule has 0 N–H and O–H groups in total. The van der Waals surface area contributed by atoms with Crippen molar-refractivity contribution in [3.8, 4) is 0 Å². The van der Waals surface area contributed by atoms with E-state index < -0.39 is 33.7 Å². The van der Waals surface area contributed by atoms with E-state index in [1.165, 1.54) is 38.0 Å². The highest BCUT2D eigenvalue weighted by atomic mass is 127. The Morgan fingerprint density at radius 2 is 1.37 bits per heavy atom. The van der Waals surface area contributed by atoms with Crippen LogP contribution < -0.4 is 0 Å². The van der Waals surface area contributed by atoms with Crippen molar-refractivity contribution in [2.24, 2.45) is 0 Å². The number of rotatable bonds is 4. The van der Waals surface area contributed by atoms with Gasteiger partial charge < -0.3 is 0 Å². The van der Waals surface area contributed by atoms with Crippen molar-refractivity contribution >= 4 is 32.7 Å². The van der Waals surface area contributed by atoms with Gasteiger partial charge in [0.1, 0.15) is 6.61 Å². The standard InChI is InChI=1S/C10H9F5O3S.C10H13I/c1-7-2-4-8(5-3-7)19(16,17)18-6-9(11,12)10(13,14)15;1-6-5-10(11)9(4)8(3)7(6)2/h2-5H,6H2,1H3;5H,1-4H3. The Hall–Kier alpha value is -1.27. The first-order chi connectivity index (χ1) is 13.5. The molecular weight excluding hydrogens is 542 g/mol. The molecule has 0 atom stereocenters. The highest BCUT2D eigenvalue weighted by molar-refractivity contribution is 14.1. The van der Waals surface area contributed by atoms with E-state index in [1.807, 2.05) is 0 Å². The molecule has 0 fully saturated rings. The fourth-order valence-corrected chi connectivity index (χ4v) is 3.95. The maximum atomic E-state index is 12.5. The highest BCUT2D eigenvalue weighted by Crippen LogP contribution is 2.36. The zero-order valence-corrected chi connectivity index (χ0v) is 20.0. The molecule has 0 aliphatic heterocycles. The van der Waals surface area contributed by atoms with Crippen LogP contribution in [0.3, 0.4) is 0 Å². The average Bonchev–Trinajstić information content (AvgIpc) is 2.63. The summed E-state index contributed by atoms with van der Waals surface area (Å²) >= 11 is 2.39. The van der Waals surface area contributed by atoms with Gasteiger partial charge in [0.25, 0.3) is 10.1 Å².